The quantitative estimate of drug-likeness (QED) is 0.493. The minimum atomic E-state index is -0.481. The predicted molar refractivity (Wildman–Crippen MR) is 121 cm³/mol. The molecule has 0 radical (unpaired) electrons. The molecule has 0 unspecified atom stereocenters. The van der Waals surface area contributed by atoms with E-state index in [2.05, 4.69) is 17.4 Å². The number of nitrogens with zero attached hydrogens (tertiary/aromatic N) is 2. The number of carbonyl (C=O) groups is 1. The third-order valence-electron chi connectivity index (χ3n) is 5.83. The van der Waals surface area contributed by atoms with Crippen LogP contribution >= 0.6 is 0 Å². The number of nitrogens with one attached hydrogen (secondary N) is 1. The third kappa shape index (κ3) is 3.17. The predicted octanol–water partition coefficient (Wildman–Crippen LogP) is 3.39. The highest BCUT2D eigenvalue weighted by molar-refractivity contribution is 5.92. The van der Waals surface area contributed by atoms with Crippen molar-refractivity contribution in [2.24, 2.45) is 0 Å². The van der Waals surface area contributed by atoms with Crippen LogP contribution in [0, 0.1) is 0 Å². The molecule has 154 valence electrons. The van der Waals surface area contributed by atoms with E-state index in [0.717, 1.165) is 11.0 Å². The number of rotatable bonds is 4. The lowest BCUT2D eigenvalue weighted by molar-refractivity contribution is -0.116. The third-order valence-corrected chi connectivity index (χ3v) is 5.83. The first-order valence-corrected chi connectivity index (χ1v) is 10.3. The molecule has 1 aromatic heterocycles. The zero-order valence-electron chi connectivity index (χ0n) is 17.1. The normalized spacial score (nSPS) is 11.9. The van der Waals surface area contributed by atoms with Gasteiger partial charge in [0, 0.05) is 12.2 Å². The van der Waals surface area contributed by atoms with Crippen molar-refractivity contribution in [1.82, 2.24) is 9.13 Å². The van der Waals surface area contributed by atoms with Gasteiger partial charge in [-0.15, -0.1) is 0 Å². The van der Waals surface area contributed by atoms with Crippen LogP contribution in [0.15, 0.2) is 76.3 Å². The molecule has 0 saturated heterocycles. The highest BCUT2D eigenvalue weighted by Crippen LogP contribution is 2.37. The summed E-state index contributed by atoms with van der Waals surface area (Å²) in [4.78, 5) is 38.2. The van der Waals surface area contributed by atoms with Crippen molar-refractivity contribution < 1.29 is 4.79 Å². The Balaban J connectivity index is 1.45. The standard InChI is InChI=1S/C25H21N3O3/c1-2-27-24(30)21-9-5-6-10-22(21)28(25(27)31)15-23(29)26-18-11-12-20-17(14-18)13-16-7-3-4-8-19(16)20/h3-12,14H,2,13,15H2,1H3,(H,26,29). The lowest BCUT2D eigenvalue weighted by Gasteiger charge is -2.13. The second kappa shape index (κ2) is 7.40. The van der Waals surface area contributed by atoms with Crippen LogP contribution in [0.5, 0.6) is 0 Å². The van der Waals surface area contributed by atoms with Gasteiger partial charge >= 0.3 is 5.69 Å². The molecule has 1 heterocycles. The fraction of sp³-hybridized carbons (Fsp3) is 0.160. The number of amides is 1. The van der Waals surface area contributed by atoms with E-state index in [-0.39, 0.29) is 24.6 Å². The first-order valence-electron chi connectivity index (χ1n) is 10.3. The number of fused-ring (bicyclic) bond motifs is 4. The summed E-state index contributed by atoms with van der Waals surface area (Å²) in [5.74, 6) is -0.316. The fourth-order valence-electron chi connectivity index (χ4n) is 4.37. The van der Waals surface area contributed by atoms with Crippen LogP contribution in [0.1, 0.15) is 18.1 Å². The molecule has 0 atom stereocenters. The van der Waals surface area contributed by atoms with Crippen molar-refractivity contribution in [1.29, 1.82) is 0 Å². The molecular formula is C25H21N3O3. The minimum absolute atomic E-state index is 0.170. The smallest absolute Gasteiger partial charge is 0.325 e. The van der Waals surface area contributed by atoms with Gasteiger partial charge in [-0.2, -0.15) is 0 Å². The minimum Gasteiger partial charge on any atom is -0.325 e. The molecular weight excluding hydrogens is 390 g/mol. The maximum Gasteiger partial charge on any atom is 0.331 e. The Bertz CT molecular complexity index is 1460. The van der Waals surface area contributed by atoms with Crippen molar-refractivity contribution >= 4 is 22.5 Å². The Hall–Kier alpha value is -3.93. The average Bonchev–Trinajstić information content (AvgIpc) is 3.15. The van der Waals surface area contributed by atoms with Crippen LogP contribution in [0.2, 0.25) is 0 Å². The van der Waals surface area contributed by atoms with E-state index in [4.69, 9.17) is 0 Å². The van der Waals surface area contributed by atoms with E-state index in [0.29, 0.717) is 16.6 Å². The zero-order valence-corrected chi connectivity index (χ0v) is 17.1. The molecule has 0 saturated carbocycles. The molecule has 31 heavy (non-hydrogen) atoms. The molecule has 5 rings (SSSR count). The Morgan fingerprint density at radius 3 is 2.48 bits per heavy atom. The van der Waals surface area contributed by atoms with Crippen LogP contribution < -0.4 is 16.6 Å². The second-order valence-corrected chi connectivity index (χ2v) is 7.69. The summed E-state index contributed by atoms with van der Waals surface area (Å²) in [7, 11) is 0. The second-order valence-electron chi connectivity index (χ2n) is 7.69. The summed E-state index contributed by atoms with van der Waals surface area (Å²) >= 11 is 0. The molecule has 1 aliphatic carbocycles. The monoisotopic (exact) mass is 411 g/mol. The summed E-state index contributed by atoms with van der Waals surface area (Å²) in [6, 6.07) is 21.1. The van der Waals surface area contributed by atoms with Crippen molar-refractivity contribution in [3.05, 3.63) is 98.7 Å². The lowest BCUT2D eigenvalue weighted by atomic mass is 10.1. The molecule has 0 aliphatic heterocycles. The number of aromatic nitrogens is 2. The summed E-state index contributed by atoms with van der Waals surface area (Å²) in [6.07, 6.45) is 0.834. The molecule has 1 N–H and O–H groups in total. The van der Waals surface area contributed by atoms with E-state index in [1.54, 1.807) is 31.2 Å². The van der Waals surface area contributed by atoms with E-state index < -0.39 is 5.69 Å². The number of benzene rings is 3. The summed E-state index contributed by atoms with van der Waals surface area (Å²) in [6.45, 7) is 1.82. The van der Waals surface area contributed by atoms with Gasteiger partial charge in [-0.3, -0.25) is 18.7 Å². The van der Waals surface area contributed by atoms with Gasteiger partial charge in [-0.25, -0.2) is 4.79 Å². The van der Waals surface area contributed by atoms with Gasteiger partial charge in [-0.05, 0) is 59.9 Å². The van der Waals surface area contributed by atoms with Gasteiger partial charge in [0.05, 0.1) is 10.9 Å². The first kappa shape index (κ1) is 19.1. The van der Waals surface area contributed by atoms with Crippen LogP contribution in [0.4, 0.5) is 5.69 Å². The summed E-state index contributed by atoms with van der Waals surface area (Å²) in [5.41, 5.74) is 5.20. The number of carbonyl (C=O) groups excluding carboxylic acids is 1. The van der Waals surface area contributed by atoms with Gasteiger partial charge in [0.1, 0.15) is 6.54 Å². The first-order chi connectivity index (χ1) is 15.1. The fourth-order valence-corrected chi connectivity index (χ4v) is 4.37. The summed E-state index contributed by atoms with van der Waals surface area (Å²) in [5, 5.41) is 3.33. The zero-order chi connectivity index (χ0) is 21.5. The number of hydrogen-bond donors (Lipinski definition) is 1. The summed E-state index contributed by atoms with van der Waals surface area (Å²) < 4.78 is 2.51. The molecule has 0 bridgehead atoms. The number of hydrogen-bond acceptors (Lipinski definition) is 3. The molecule has 1 aliphatic rings. The van der Waals surface area contributed by atoms with E-state index in [1.165, 1.54) is 26.8 Å². The van der Waals surface area contributed by atoms with Crippen LogP contribution in [-0.4, -0.2) is 15.0 Å². The topological polar surface area (TPSA) is 73.1 Å². The average molecular weight is 411 g/mol. The van der Waals surface area contributed by atoms with E-state index in [9.17, 15) is 14.4 Å². The van der Waals surface area contributed by atoms with E-state index in [1.807, 2.05) is 30.3 Å². The van der Waals surface area contributed by atoms with Crippen molar-refractivity contribution in [3.63, 3.8) is 0 Å². The molecule has 1 amide bonds. The van der Waals surface area contributed by atoms with Gasteiger partial charge in [-0.1, -0.05) is 42.5 Å². The van der Waals surface area contributed by atoms with Gasteiger partial charge in [0.25, 0.3) is 5.56 Å². The Labute approximate surface area is 178 Å². The van der Waals surface area contributed by atoms with Crippen molar-refractivity contribution in [3.8, 4) is 11.1 Å². The van der Waals surface area contributed by atoms with Crippen molar-refractivity contribution in [2.45, 2.75) is 26.4 Å². The Kier molecular flexibility index (Phi) is 4.55. The molecule has 6 nitrogen and oxygen atoms in total. The maximum atomic E-state index is 12.8. The molecule has 0 spiro atoms. The molecule has 3 aromatic carbocycles. The Morgan fingerprint density at radius 2 is 1.65 bits per heavy atom. The van der Waals surface area contributed by atoms with Gasteiger partial charge in [0.2, 0.25) is 5.91 Å². The van der Waals surface area contributed by atoms with Gasteiger partial charge < -0.3 is 5.32 Å². The maximum absolute atomic E-state index is 12.8. The lowest BCUT2D eigenvalue weighted by Crippen LogP contribution is -2.41. The largest absolute Gasteiger partial charge is 0.331 e. The Morgan fingerprint density at radius 1 is 0.903 bits per heavy atom. The molecule has 6 heteroatoms. The highest BCUT2D eigenvalue weighted by Gasteiger charge is 2.19. The van der Waals surface area contributed by atoms with E-state index >= 15 is 0 Å². The highest BCUT2D eigenvalue weighted by atomic mass is 16.2. The van der Waals surface area contributed by atoms with Gasteiger partial charge in [0.15, 0.2) is 0 Å². The number of para-hydroxylation sites is 1. The SMILES string of the molecule is CCn1c(=O)c2ccccc2n(CC(=O)Nc2ccc3c(c2)Cc2ccccc2-3)c1=O. The van der Waals surface area contributed by atoms with Crippen LogP contribution in [0.25, 0.3) is 22.0 Å². The van der Waals surface area contributed by atoms with Crippen molar-refractivity contribution in [2.75, 3.05) is 5.32 Å². The number of anilines is 1. The molecule has 4 aromatic rings. The molecule has 0 fully saturated rings. The van der Waals surface area contributed by atoms with Crippen LogP contribution in [0.3, 0.4) is 0 Å². The van der Waals surface area contributed by atoms with Crippen LogP contribution in [-0.2, 0) is 24.3 Å².